The number of primary amides is 1. The molecule has 0 atom stereocenters. The molecule has 0 unspecified atom stereocenters. The van der Waals surface area contributed by atoms with E-state index in [1.54, 1.807) is 7.85 Å². The Morgan fingerprint density at radius 3 is 2.31 bits per heavy atom. The first-order valence-corrected chi connectivity index (χ1v) is 4.53. The maximum atomic E-state index is 11.3. The van der Waals surface area contributed by atoms with Crippen LogP contribution in [-0.2, 0) is 9.59 Å². The van der Waals surface area contributed by atoms with Gasteiger partial charge in [0, 0.05) is 6.54 Å². The molecule has 0 spiro atoms. The van der Waals surface area contributed by atoms with Crippen LogP contribution in [-0.4, -0.2) is 37.7 Å². The number of hydrogen-bond donors (Lipinski definition) is 1. The average molecular weight is 184 g/mol. The Labute approximate surface area is 79.9 Å². The second kappa shape index (κ2) is 5.62. The van der Waals surface area contributed by atoms with Crippen molar-refractivity contribution in [2.75, 3.05) is 13.1 Å². The molecule has 0 aliphatic rings. The van der Waals surface area contributed by atoms with Crippen molar-refractivity contribution in [3.63, 3.8) is 0 Å². The molecule has 0 aromatic heterocycles. The summed E-state index contributed by atoms with van der Waals surface area (Å²) >= 11 is 0. The summed E-state index contributed by atoms with van der Waals surface area (Å²) in [4.78, 5) is 23.4. The van der Waals surface area contributed by atoms with E-state index < -0.39 is 5.91 Å². The third-order valence-electron chi connectivity index (χ3n) is 1.59. The van der Waals surface area contributed by atoms with Gasteiger partial charge in [-0.1, -0.05) is 13.8 Å². The molecule has 0 rings (SSSR count). The van der Waals surface area contributed by atoms with Crippen molar-refractivity contribution >= 4 is 19.7 Å². The molecule has 0 saturated carbocycles. The smallest absolute Gasteiger partial charge is 0.237 e. The Bertz CT molecular complexity index is 195. The van der Waals surface area contributed by atoms with Gasteiger partial charge in [-0.3, -0.25) is 9.59 Å². The topological polar surface area (TPSA) is 63.4 Å². The second-order valence-corrected chi connectivity index (χ2v) is 3.49. The van der Waals surface area contributed by atoms with Crippen molar-refractivity contribution in [3.8, 4) is 0 Å². The molecule has 0 heterocycles. The van der Waals surface area contributed by atoms with Crippen LogP contribution in [0.25, 0.3) is 0 Å². The van der Waals surface area contributed by atoms with E-state index in [1.165, 1.54) is 4.90 Å². The van der Waals surface area contributed by atoms with Gasteiger partial charge in [-0.15, -0.1) is 0 Å². The summed E-state index contributed by atoms with van der Waals surface area (Å²) in [5.74, 6) is -0.121. The van der Waals surface area contributed by atoms with Crippen LogP contribution in [0.1, 0.15) is 13.8 Å². The van der Waals surface area contributed by atoms with Crippen molar-refractivity contribution in [2.24, 2.45) is 11.7 Å². The number of carbonyl (C=O) groups is 2. The summed E-state index contributed by atoms with van der Waals surface area (Å²) in [5.41, 5.74) is 5.03. The van der Waals surface area contributed by atoms with Crippen LogP contribution < -0.4 is 5.73 Å². The maximum absolute atomic E-state index is 11.3. The van der Waals surface area contributed by atoms with Gasteiger partial charge in [0.25, 0.3) is 0 Å². The Morgan fingerprint density at radius 1 is 1.46 bits per heavy atom. The fraction of sp³-hybridized carbons (Fsp3) is 0.750. The summed E-state index contributed by atoms with van der Waals surface area (Å²) in [7, 11) is 1.77. The first-order chi connectivity index (χ1) is 5.97. The largest absolute Gasteiger partial charge is 0.368 e. The standard InChI is InChI=1S/C8H17BN2O2/c1-6(2)4-11(5-7(10)12)8(13)3-9/h6H,3-5,9H2,1-2H3,(H2,10,12). The molecule has 5 heteroatoms. The lowest BCUT2D eigenvalue weighted by molar-refractivity contribution is -0.133. The summed E-state index contributed by atoms with van der Waals surface area (Å²) < 4.78 is 0. The molecule has 74 valence electrons. The number of amides is 2. The van der Waals surface area contributed by atoms with E-state index in [0.717, 1.165) is 0 Å². The van der Waals surface area contributed by atoms with Gasteiger partial charge < -0.3 is 10.6 Å². The zero-order valence-electron chi connectivity index (χ0n) is 8.54. The summed E-state index contributed by atoms with van der Waals surface area (Å²) in [6.07, 6.45) is 0.417. The van der Waals surface area contributed by atoms with Crippen LogP contribution in [0.15, 0.2) is 0 Å². The summed E-state index contributed by atoms with van der Waals surface area (Å²) in [6, 6.07) is 0. The highest BCUT2D eigenvalue weighted by Gasteiger charge is 2.14. The Hall–Kier alpha value is -0.995. The molecule has 0 saturated heterocycles. The Kier molecular flexibility index (Phi) is 5.19. The van der Waals surface area contributed by atoms with Gasteiger partial charge in [0.15, 0.2) is 0 Å². The highest BCUT2D eigenvalue weighted by Crippen LogP contribution is 2.00. The van der Waals surface area contributed by atoms with E-state index in [-0.39, 0.29) is 12.5 Å². The highest BCUT2D eigenvalue weighted by molar-refractivity contribution is 6.19. The van der Waals surface area contributed by atoms with E-state index >= 15 is 0 Å². The van der Waals surface area contributed by atoms with Gasteiger partial charge in [-0.2, -0.15) is 0 Å². The SMILES string of the molecule is BCC(=O)N(CC(N)=O)CC(C)C. The molecule has 13 heavy (non-hydrogen) atoms. The van der Waals surface area contributed by atoms with E-state index in [0.29, 0.717) is 18.8 Å². The van der Waals surface area contributed by atoms with Crippen LogP contribution in [0.5, 0.6) is 0 Å². The summed E-state index contributed by atoms with van der Waals surface area (Å²) in [5, 5.41) is 0. The number of nitrogens with zero attached hydrogens (tertiary/aromatic N) is 1. The van der Waals surface area contributed by atoms with Crippen LogP contribution in [0.4, 0.5) is 0 Å². The van der Waals surface area contributed by atoms with Gasteiger partial charge in [0.2, 0.25) is 11.8 Å². The van der Waals surface area contributed by atoms with Crippen molar-refractivity contribution in [1.29, 1.82) is 0 Å². The van der Waals surface area contributed by atoms with Crippen LogP contribution >= 0.6 is 0 Å². The minimum absolute atomic E-state index is 0.0208. The predicted molar refractivity (Wildman–Crippen MR) is 54.0 cm³/mol. The molecule has 2 amide bonds. The summed E-state index contributed by atoms with van der Waals surface area (Å²) in [6.45, 7) is 4.62. The van der Waals surface area contributed by atoms with Crippen LogP contribution in [0, 0.1) is 5.92 Å². The van der Waals surface area contributed by atoms with Crippen molar-refractivity contribution in [3.05, 3.63) is 0 Å². The highest BCUT2D eigenvalue weighted by atomic mass is 16.2. The Balaban J connectivity index is 4.18. The van der Waals surface area contributed by atoms with E-state index in [1.807, 2.05) is 13.8 Å². The first-order valence-electron chi connectivity index (χ1n) is 4.53. The average Bonchev–Trinajstić information content (AvgIpc) is 2.00. The van der Waals surface area contributed by atoms with E-state index in [4.69, 9.17) is 5.73 Å². The van der Waals surface area contributed by atoms with Crippen LogP contribution in [0.3, 0.4) is 0 Å². The molecule has 0 aliphatic heterocycles. The normalized spacial score (nSPS) is 10.1. The number of rotatable bonds is 5. The van der Waals surface area contributed by atoms with Crippen LogP contribution in [0.2, 0.25) is 6.32 Å². The monoisotopic (exact) mass is 184 g/mol. The third-order valence-corrected chi connectivity index (χ3v) is 1.59. The minimum atomic E-state index is -0.456. The van der Waals surface area contributed by atoms with Gasteiger partial charge in [-0.05, 0) is 12.2 Å². The fourth-order valence-corrected chi connectivity index (χ4v) is 1.11. The molecule has 0 bridgehead atoms. The molecule has 2 N–H and O–H groups in total. The number of nitrogens with two attached hydrogens (primary N) is 1. The molecule has 0 fully saturated rings. The third kappa shape index (κ3) is 5.28. The van der Waals surface area contributed by atoms with Gasteiger partial charge in [-0.25, -0.2) is 0 Å². The lowest BCUT2D eigenvalue weighted by atomic mass is 10.0. The van der Waals surface area contributed by atoms with Gasteiger partial charge >= 0.3 is 0 Å². The van der Waals surface area contributed by atoms with Gasteiger partial charge in [0.05, 0.1) is 6.54 Å². The molecule has 0 aliphatic carbocycles. The predicted octanol–water partition coefficient (Wildman–Crippen LogP) is -0.992. The lowest BCUT2D eigenvalue weighted by Gasteiger charge is -2.22. The quantitative estimate of drug-likeness (QED) is 0.557. The Morgan fingerprint density at radius 2 is 2.00 bits per heavy atom. The van der Waals surface area contributed by atoms with Gasteiger partial charge in [0.1, 0.15) is 7.85 Å². The minimum Gasteiger partial charge on any atom is -0.368 e. The molecule has 4 nitrogen and oxygen atoms in total. The lowest BCUT2D eigenvalue weighted by Crippen LogP contribution is -2.40. The molecule has 0 radical (unpaired) electrons. The molecule has 0 aromatic carbocycles. The maximum Gasteiger partial charge on any atom is 0.237 e. The molecular formula is C8H17BN2O2. The van der Waals surface area contributed by atoms with E-state index in [2.05, 4.69) is 0 Å². The van der Waals surface area contributed by atoms with E-state index in [9.17, 15) is 9.59 Å². The second-order valence-electron chi connectivity index (χ2n) is 3.49. The zero-order valence-corrected chi connectivity index (χ0v) is 8.54. The fourth-order valence-electron chi connectivity index (χ4n) is 1.11. The molecule has 0 aromatic rings. The van der Waals surface area contributed by atoms with Crippen molar-refractivity contribution < 1.29 is 9.59 Å². The zero-order chi connectivity index (χ0) is 10.4. The number of hydrogen-bond acceptors (Lipinski definition) is 2. The first kappa shape index (κ1) is 12.0. The number of carbonyl (C=O) groups excluding carboxylic acids is 2. The van der Waals surface area contributed by atoms with Crippen molar-refractivity contribution in [2.45, 2.75) is 20.2 Å². The molecular weight excluding hydrogens is 167 g/mol. The van der Waals surface area contributed by atoms with Crippen molar-refractivity contribution in [1.82, 2.24) is 4.90 Å².